The Morgan fingerprint density at radius 2 is 1.77 bits per heavy atom. The fraction of sp³-hybridized carbons (Fsp3) is 0.0870. The van der Waals surface area contributed by atoms with Gasteiger partial charge in [0.2, 0.25) is 0 Å². The number of pyridine rings is 2. The van der Waals surface area contributed by atoms with E-state index in [1.54, 1.807) is 43.0 Å². The van der Waals surface area contributed by atoms with Crippen LogP contribution in [0, 0.1) is 22.7 Å². The first-order valence-corrected chi connectivity index (χ1v) is 9.71. The molecule has 0 atom stereocenters. The molecule has 3 aromatic heterocycles. The Labute approximate surface area is 183 Å². The molecule has 0 fully saturated rings. The van der Waals surface area contributed by atoms with E-state index >= 15 is 0 Å². The molecule has 8 heteroatoms. The second-order valence-corrected chi connectivity index (χ2v) is 7.31. The molecule has 4 rings (SSSR count). The average molecular weight is 427 g/mol. The number of imidazole rings is 1. The van der Waals surface area contributed by atoms with Crippen molar-refractivity contribution in [2.75, 3.05) is 0 Å². The molecule has 0 aliphatic rings. The summed E-state index contributed by atoms with van der Waals surface area (Å²) < 4.78 is 3.39. The lowest BCUT2D eigenvalue weighted by molar-refractivity contribution is 0.749. The van der Waals surface area contributed by atoms with Crippen LogP contribution in [-0.4, -0.2) is 19.1 Å². The molecule has 0 bridgehead atoms. The smallest absolute Gasteiger partial charge is 0.256 e. The van der Waals surface area contributed by atoms with Crippen LogP contribution >= 0.6 is 11.6 Å². The number of nitrogens with zero attached hydrogens (tertiary/aromatic N) is 6. The first-order chi connectivity index (χ1) is 15.1. The number of benzene rings is 1. The summed E-state index contributed by atoms with van der Waals surface area (Å²) in [5, 5.41) is 18.8. The summed E-state index contributed by atoms with van der Waals surface area (Å²) >= 11 is 5.98. The third-order valence-corrected chi connectivity index (χ3v) is 5.02. The summed E-state index contributed by atoms with van der Waals surface area (Å²) in [5.74, 6) is 0.490. The minimum atomic E-state index is -0.208. The molecule has 0 saturated heterocycles. The van der Waals surface area contributed by atoms with Crippen LogP contribution < -0.4 is 5.56 Å². The topological polar surface area (TPSA) is 100 Å². The van der Waals surface area contributed by atoms with E-state index in [2.05, 4.69) is 16.0 Å². The van der Waals surface area contributed by atoms with Gasteiger partial charge in [0.05, 0.1) is 29.0 Å². The van der Waals surface area contributed by atoms with Crippen LogP contribution in [0.3, 0.4) is 0 Å². The molecular weight excluding hydrogens is 412 g/mol. The number of halogens is 1. The van der Waals surface area contributed by atoms with Crippen LogP contribution in [0.2, 0.25) is 5.02 Å². The van der Waals surface area contributed by atoms with Crippen molar-refractivity contribution in [1.82, 2.24) is 19.1 Å². The predicted octanol–water partition coefficient (Wildman–Crippen LogP) is 3.46. The highest BCUT2D eigenvalue weighted by molar-refractivity contribution is 6.30. The van der Waals surface area contributed by atoms with Crippen molar-refractivity contribution in [3.63, 3.8) is 0 Å². The van der Waals surface area contributed by atoms with E-state index in [4.69, 9.17) is 16.9 Å². The Morgan fingerprint density at radius 1 is 0.968 bits per heavy atom. The van der Waals surface area contributed by atoms with Crippen LogP contribution in [0.5, 0.6) is 0 Å². The molecule has 7 nitrogen and oxygen atoms in total. The largest absolute Gasteiger partial charge is 0.330 e. The minimum Gasteiger partial charge on any atom is -0.330 e. The molecule has 0 radical (unpaired) electrons. The predicted molar refractivity (Wildman–Crippen MR) is 115 cm³/mol. The summed E-state index contributed by atoms with van der Waals surface area (Å²) in [6, 6.07) is 15.9. The molecule has 4 aromatic rings. The lowest BCUT2D eigenvalue weighted by atomic mass is 10.0. The summed E-state index contributed by atoms with van der Waals surface area (Å²) in [7, 11) is 0. The Kier molecular flexibility index (Phi) is 5.61. The van der Waals surface area contributed by atoms with E-state index in [9.17, 15) is 10.1 Å². The SMILES string of the molecule is N#Cc1ccc(Cc2cncn2Cc2ccc(-n3cc(Cl)ccc3=O)nc2)cc1C#N. The highest BCUT2D eigenvalue weighted by atomic mass is 35.5. The molecule has 0 aliphatic carbocycles. The van der Waals surface area contributed by atoms with Crippen molar-refractivity contribution in [1.29, 1.82) is 10.5 Å². The number of nitriles is 2. The molecule has 0 aliphatic heterocycles. The fourth-order valence-corrected chi connectivity index (χ4v) is 3.39. The van der Waals surface area contributed by atoms with Gasteiger partial charge < -0.3 is 4.57 Å². The number of aromatic nitrogens is 4. The van der Waals surface area contributed by atoms with Gasteiger partial charge in [-0.1, -0.05) is 23.7 Å². The molecule has 0 unspecified atom stereocenters. The van der Waals surface area contributed by atoms with Crippen LogP contribution in [-0.2, 0) is 13.0 Å². The van der Waals surface area contributed by atoms with E-state index in [0.29, 0.717) is 34.9 Å². The molecule has 0 N–H and O–H groups in total. The van der Waals surface area contributed by atoms with E-state index in [0.717, 1.165) is 16.8 Å². The van der Waals surface area contributed by atoms with Gasteiger partial charge in [-0.25, -0.2) is 9.97 Å². The fourth-order valence-electron chi connectivity index (χ4n) is 3.23. The lowest BCUT2D eigenvalue weighted by Gasteiger charge is -2.10. The molecule has 0 spiro atoms. The molecule has 31 heavy (non-hydrogen) atoms. The van der Waals surface area contributed by atoms with Gasteiger partial charge in [-0.15, -0.1) is 0 Å². The van der Waals surface area contributed by atoms with Crippen LogP contribution in [0.1, 0.15) is 27.9 Å². The molecule has 0 saturated carbocycles. The van der Waals surface area contributed by atoms with Gasteiger partial charge in [0.15, 0.2) is 0 Å². The molecule has 0 amide bonds. The Balaban J connectivity index is 1.54. The highest BCUT2D eigenvalue weighted by Gasteiger charge is 2.09. The third-order valence-electron chi connectivity index (χ3n) is 4.79. The second kappa shape index (κ2) is 8.66. The quantitative estimate of drug-likeness (QED) is 0.486. The molecular formula is C23H15ClN6O. The second-order valence-electron chi connectivity index (χ2n) is 6.87. The van der Waals surface area contributed by atoms with Crippen molar-refractivity contribution in [2.24, 2.45) is 0 Å². The van der Waals surface area contributed by atoms with Crippen molar-refractivity contribution in [3.8, 4) is 18.0 Å². The van der Waals surface area contributed by atoms with Gasteiger partial charge in [0.1, 0.15) is 18.0 Å². The highest BCUT2D eigenvalue weighted by Crippen LogP contribution is 2.16. The molecule has 3 heterocycles. The van der Waals surface area contributed by atoms with Crippen molar-refractivity contribution >= 4 is 11.6 Å². The Bertz CT molecular complexity index is 1390. The van der Waals surface area contributed by atoms with Gasteiger partial charge in [0, 0.05) is 36.8 Å². The maximum absolute atomic E-state index is 12.0. The summed E-state index contributed by atoms with van der Waals surface area (Å²) in [5.41, 5.74) is 3.35. The van der Waals surface area contributed by atoms with Crippen LogP contribution in [0.15, 0.2) is 72.2 Å². The third kappa shape index (κ3) is 4.37. The van der Waals surface area contributed by atoms with Crippen molar-refractivity contribution in [3.05, 3.63) is 111 Å². The standard InChI is InChI=1S/C23H15ClN6O/c24-20-4-6-23(31)30(14-20)22-5-2-17(11-28-22)13-29-15-27-12-21(29)8-16-1-3-18(9-25)19(7-16)10-26/h1-7,11-12,14-15H,8,13H2. The normalized spacial score (nSPS) is 10.4. The summed E-state index contributed by atoms with van der Waals surface area (Å²) in [6.07, 6.45) is 7.33. The first-order valence-electron chi connectivity index (χ1n) is 9.33. The van der Waals surface area contributed by atoms with Gasteiger partial charge in [-0.05, 0) is 35.4 Å². The monoisotopic (exact) mass is 426 g/mol. The van der Waals surface area contributed by atoms with E-state index < -0.39 is 0 Å². The first kappa shape index (κ1) is 20.1. The zero-order chi connectivity index (χ0) is 21.8. The van der Waals surface area contributed by atoms with E-state index in [1.165, 1.54) is 16.8 Å². The van der Waals surface area contributed by atoms with Gasteiger partial charge in [-0.3, -0.25) is 9.36 Å². The van der Waals surface area contributed by atoms with Gasteiger partial charge in [0.25, 0.3) is 5.56 Å². The van der Waals surface area contributed by atoms with Crippen LogP contribution in [0.25, 0.3) is 5.82 Å². The zero-order valence-electron chi connectivity index (χ0n) is 16.2. The van der Waals surface area contributed by atoms with Gasteiger partial charge >= 0.3 is 0 Å². The summed E-state index contributed by atoms with van der Waals surface area (Å²) in [6.45, 7) is 0.550. The van der Waals surface area contributed by atoms with Crippen molar-refractivity contribution in [2.45, 2.75) is 13.0 Å². The molecule has 1 aromatic carbocycles. The average Bonchev–Trinajstić information content (AvgIpc) is 3.22. The number of rotatable bonds is 5. The van der Waals surface area contributed by atoms with E-state index in [1.807, 2.05) is 22.8 Å². The van der Waals surface area contributed by atoms with Gasteiger partial charge in [-0.2, -0.15) is 10.5 Å². The number of hydrogen-bond donors (Lipinski definition) is 0. The Morgan fingerprint density at radius 3 is 2.52 bits per heavy atom. The summed E-state index contributed by atoms with van der Waals surface area (Å²) in [4.78, 5) is 20.7. The zero-order valence-corrected chi connectivity index (χ0v) is 17.0. The lowest BCUT2D eigenvalue weighted by Crippen LogP contribution is -2.17. The van der Waals surface area contributed by atoms with E-state index in [-0.39, 0.29) is 5.56 Å². The Hall–Kier alpha value is -4.20. The maximum atomic E-state index is 12.0. The number of hydrogen-bond acceptors (Lipinski definition) is 5. The molecule has 150 valence electrons. The van der Waals surface area contributed by atoms with Crippen LogP contribution in [0.4, 0.5) is 0 Å². The van der Waals surface area contributed by atoms with Crippen molar-refractivity contribution < 1.29 is 0 Å². The minimum absolute atomic E-state index is 0.208. The maximum Gasteiger partial charge on any atom is 0.256 e.